The molecule has 1 spiro atoms. The van der Waals surface area contributed by atoms with Crippen LogP contribution in [0.2, 0.25) is 0 Å². The Labute approximate surface area is 152 Å². The third kappa shape index (κ3) is 2.27. The SMILES string of the molecule is CC(C)CC1=Nc2c(ccc3ccccc23)OC12C=c1ccccc1=N2. The number of benzene rings is 3. The van der Waals surface area contributed by atoms with Gasteiger partial charge in [0.15, 0.2) is 0 Å². The van der Waals surface area contributed by atoms with Crippen LogP contribution in [0.15, 0.2) is 70.6 Å². The molecule has 5 rings (SSSR count). The Hall–Kier alpha value is -2.94. The molecule has 26 heavy (non-hydrogen) atoms. The van der Waals surface area contributed by atoms with E-state index in [-0.39, 0.29) is 0 Å². The predicted octanol–water partition coefficient (Wildman–Crippen LogP) is 4.16. The normalized spacial score (nSPS) is 20.2. The van der Waals surface area contributed by atoms with E-state index in [1.54, 1.807) is 0 Å². The molecule has 0 amide bonds. The molecule has 1 unspecified atom stereocenters. The van der Waals surface area contributed by atoms with Gasteiger partial charge in [-0.1, -0.05) is 62.4 Å². The fraction of sp³-hybridized carbons (Fsp3) is 0.217. The molecule has 3 aromatic rings. The number of aliphatic imine (C=N–C) groups is 1. The summed E-state index contributed by atoms with van der Waals surface area (Å²) < 4.78 is 6.53. The van der Waals surface area contributed by atoms with Gasteiger partial charge in [0.1, 0.15) is 11.4 Å². The number of rotatable bonds is 2. The van der Waals surface area contributed by atoms with Gasteiger partial charge < -0.3 is 4.74 Å². The summed E-state index contributed by atoms with van der Waals surface area (Å²) in [6.07, 6.45) is 2.96. The maximum atomic E-state index is 6.53. The van der Waals surface area contributed by atoms with E-state index in [0.717, 1.165) is 39.5 Å². The van der Waals surface area contributed by atoms with Crippen LogP contribution in [-0.4, -0.2) is 11.4 Å². The molecule has 128 valence electrons. The molecule has 0 radical (unpaired) electrons. The molecule has 3 heteroatoms. The lowest BCUT2D eigenvalue weighted by Crippen LogP contribution is -2.42. The fourth-order valence-corrected chi connectivity index (χ4v) is 3.79. The van der Waals surface area contributed by atoms with Crippen LogP contribution in [-0.2, 0) is 0 Å². The predicted molar refractivity (Wildman–Crippen MR) is 106 cm³/mol. The summed E-state index contributed by atoms with van der Waals surface area (Å²) in [6, 6.07) is 20.6. The Kier molecular flexibility index (Phi) is 3.26. The van der Waals surface area contributed by atoms with Gasteiger partial charge in [-0.3, -0.25) is 0 Å². The van der Waals surface area contributed by atoms with Gasteiger partial charge in [0.2, 0.25) is 0 Å². The average Bonchev–Trinajstić information content (AvgIpc) is 3.00. The van der Waals surface area contributed by atoms with Crippen LogP contribution < -0.4 is 15.3 Å². The topological polar surface area (TPSA) is 34.0 Å². The van der Waals surface area contributed by atoms with Crippen LogP contribution in [0.5, 0.6) is 5.75 Å². The Morgan fingerprint density at radius 3 is 2.62 bits per heavy atom. The summed E-state index contributed by atoms with van der Waals surface area (Å²) in [5, 5.41) is 4.37. The molecule has 0 saturated heterocycles. The van der Waals surface area contributed by atoms with Crippen LogP contribution in [0.1, 0.15) is 20.3 Å². The van der Waals surface area contributed by atoms with Crippen LogP contribution in [0.4, 0.5) is 5.69 Å². The molecule has 2 aliphatic heterocycles. The lowest BCUT2D eigenvalue weighted by molar-refractivity contribution is 0.209. The second-order valence-electron chi connectivity index (χ2n) is 7.40. The summed E-state index contributed by atoms with van der Waals surface area (Å²) in [5.41, 5.74) is 1.08. The fourth-order valence-electron chi connectivity index (χ4n) is 3.79. The van der Waals surface area contributed by atoms with Gasteiger partial charge >= 0.3 is 0 Å². The van der Waals surface area contributed by atoms with Crippen LogP contribution in [0.3, 0.4) is 0 Å². The Morgan fingerprint density at radius 1 is 0.962 bits per heavy atom. The van der Waals surface area contributed by atoms with Gasteiger partial charge in [-0.25, -0.2) is 9.98 Å². The van der Waals surface area contributed by atoms with Crippen molar-refractivity contribution < 1.29 is 4.74 Å². The van der Waals surface area contributed by atoms with Crippen molar-refractivity contribution in [1.29, 1.82) is 0 Å². The number of ether oxygens (including phenoxy) is 1. The molecule has 3 aromatic carbocycles. The molecule has 0 N–H and O–H groups in total. The van der Waals surface area contributed by atoms with Crippen molar-refractivity contribution in [2.45, 2.75) is 26.0 Å². The van der Waals surface area contributed by atoms with Crippen LogP contribution in [0.25, 0.3) is 16.8 Å². The minimum absolute atomic E-state index is 0.470. The van der Waals surface area contributed by atoms with Gasteiger partial charge in [0.05, 0.1) is 11.1 Å². The molecule has 0 aromatic heterocycles. The summed E-state index contributed by atoms with van der Waals surface area (Å²) in [7, 11) is 0. The first-order chi connectivity index (χ1) is 12.6. The quantitative estimate of drug-likeness (QED) is 0.690. The average molecular weight is 340 g/mol. The first kappa shape index (κ1) is 15.3. The van der Waals surface area contributed by atoms with E-state index in [0.29, 0.717) is 5.92 Å². The molecule has 0 aliphatic carbocycles. The molecule has 1 atom stereocenters. The van der Waals surface area contributed by atoms with Gasteiger partial charge in [0, 0.05) is 10.6 Å². The zero-order chi connectivity index (χ0) is 17.7. The minimum Gasteiger partial charge on any atom is -0.455 e. The summed E-state index contributed by atoms with van der Waals surface area (Å²) in [6.45, 7) is 4.41. The highest BCUT2D eigenvalue weighted by molar-refractivity contribution is 6.06. The molecular formula is C23H20N2O. The first-order valence-electron chi connectivity index (χ1n) is 9.11. The van der Waals surface area contributed by atoms with Crippen molar-refractivity contribution in [3.05, 3.63) is 71.2 Å². The van der Waals surface area contributed by atoms with Gasteiger partial charge in [-0.2, -0.15) is 0 Å². The van der Waals surface area contributed by atoms with E-state index in [2.05, 4.69) is 50.3 Å². The van der Waals surface area contributed by atoms with E-state index < -0.39 is 5.72 Å². The maximum absolute atomic E-state index is 6.53. The van der Waals surface area contributed by atoms with Gasteiger partial charge in [-0.15, -0.1) is 0 Å². The van der Waals surface area contributed by atoms with Gasteiger partial charge in [0.25, 0.3) is 5.72 Å². The van der Waals surface area contributed by atoms with Crippen molar-refractivity contribution in [3.63, 3.8) is 0 Å². The van der Waals surface area contributed by atoms with E-state index in [9.17, 15) is 0 Å². The molecular weight excluding hydrogens is 320 g/mol. The Balaban J connectivity index is 1.76. The lowest BCUT2D eigenvalue weighted by atomic mass is 9.95. The zero-order valence-corrected chi connectivity index (χ0v) is 14.9. The standard InChI is InChI=1S/C23H20N2O/c1-15(2)13-21-23(14-17-8-4-6-10-19(17)25-23)26-20-12-11-16-7-3-5-9-18(16)22(20)24-21/h3-12,14-15H,13H2,1-2H3. The first-order valence-corrected chi connectivity index (χ1v) is 9.11. The highest BCUT2D eigenvalue weighted by Crippen LogP contribution is 2.43. The minimum atomic E-state index is -0.816. The summed E-state index contributed by atoms with van der Waals surface area (Å²) >= 11 is 0. The smallest absolute Gasteiger partial charge is 0.260 e. The number of para-hydroxylation sites is 1. The highest BCUT2D eigenvalue weighted by Gasteiger charge is 2.41. The van der Waals surface area contributed by atoms with E-state index in [1.165, 1.54) is 5.39 Å². The molecule has 2 aliphatic rings. The van der Waals surface area contributed by atoms with E-state index in [4.69, 9.17) is 14.7 Å². The number of fused-ring (bicyclic) bond motifs is 4. The van der Waals surface area contributed by atoms with Crippen molar-refractivity contribution in [1.82, 2.24) is 0 Å². The number of nitrogens with zero attached hydrogens (tertiary/aromatic N) is 2. The second-order valence-corrected chi connectivity index (χ2v) is 7.40. The zero-order valence-electron chi connectivity index (χ0n) is 14.9. The Morgan fingerprint density at radius 2 is 1.77 bits per heavy atom. The third-order valence-electron chi connectivity index (χ3n) is 4.97. The molecule has 0 saturated carbocycles. The maximum Gasteiger partial charge on any atom is 0.260 e. The van der Waals surface area contributed by atoms with Crippen molar-refractivity contribution in [2.24, 2.45) is 15.9 Å². The van der Waals surface area contributed by atoms with Crippen molar-refractivity contribution in [3.8, 4) is 5.75 Å². The summed E-state index contributed by atoms with van der Waals surface area (Å²) in [5.74, 6) is 1.27. The van der Waals surface area contributed by atoms with Crippen LogP contribution >= 0.6 is 0 Å². The van der Waals surface area contributed by atoms with Crippen molar-refractivity contribution >= 4 is 28.2 Å². The van der Waals surface area contributed by atoms with Crippen molar-refractivity contribution in [2.75, 3.05) is 0 Å². The Bertz CT molecular complexity index is 1140. The summed E-state index contributed by atoms with van der Waals surface area (Å²) in [4.78, 5) is 10.0. The van der Waals surface area contributed by atoms with E-state index in [1.807, 2.05) is 30.3 Å². The number of hydrogen-bond donors (Lipinski definition) is 0. The third-order valence-corrected chi connectivity index (χ3v) is 4.97. The second kappa shape index (κ2) is 5.53. The molecule has 0 bridgehead atoms. The molecule has 3 nitrogen and oxygen atoms in total. The van der Waals surface area contributed by atoms with Gasteiger partial charge in [-0.05, 0) is 35.9 Å². The highest BCUT2D eigenvalue weighted by atomic mass is 16.5. The lowest BCUT2D eigenvalue weighted by Gasteiger charge is -2.33. The largest absolute Gasteiger partial charge is 0.455 e. The number of hydrogen-bond acceptors (Lipinski definition) is 3. The van der Waals surface area contributed by atoms with E-state index >= 15 is 0 Å². The monoisotopic (exact) mass is 340 g/mol. The molecule has 0 fully saturated rings. The van der Waals surface area contributed by atoms with Crippen LogP contribution in [0, 0.1) is 5.92 Å². The molecule has 2 heterocycles.